The average molecular weight is 183 g/mol. The first-order chi connectivity index (χ1) is 6.09. The van der Waals surface area contributed by atoms with E-state index >= 15 is 0 Å². The third kappa shape index (κ3) is 2.77. The third-order valence-corrected chi connectivity index (χ3v) is 1.68. The van der Waals surface area contributed by atoms with Crippen LogP contribution in [0.4, 0.5) is 5.95 Å². The molecule has 0 radical (unpaired) electrons. The number of carboxylic acids is 1. The van der Waals surface area contributed by atoms with E-state index in [2.05, 4.69) is 10.3 Å². The smallest absolute Gasteiger partial charge is 0.305 e. The van der Waals surface area contributed by atoms with Crippen molar-refractivity contribution >= 4 is 11.9 Å². The molecule has 2 N–H and O–H groups in total. The highest BCUT2D eigenvalue weighted by Crippen LogP contribution is 2.04. The lowest BCUT2D eigenvalue weighted by Crippen LogP contribution is -2.21. The number of aryl methyl sites for hydroxylation is 1. The highest BCUT2D eigenvalue weighted by Gasteiger charge is 2.08. The number of rotatable bonds is 4. The maximum atomic E-state index is 10.4. The van der Waals surface area contributed by atoms with E-state index in [1.807, 2.05) is 14.0 Å². The second-order valence-corrected chi connectivity index (χ2v) is 3.01. The van der Waals surface area contributed by atoms with Gasteiger partial charge in [-0.15, -0.1) is 0 Å². The van der Waals surface area contributed by atoms with Crippen molar-refractivity contribution < 1.29 is 9.90 Å². The summed E-state index contributed by atoms with van der Waals surface area (Å²) in [6, 6.07) is -0.112. The van der Waals surface area contributed by atoms with Crippen LogP contribution in [0, 0.1) is 0 Å². The van der Waals surface area contributed by atoms with Crippen LogP contribution in [0.25, 0.3) is 0 Å². The number of aromatic nitrogens is 2. The molecule has 1 heterocycles. The average Bonchev–Trinajstić information content (AvgIpc) is 2.34. The van der Waals surface area contributed by atoms with Crippen molar-refractivity contribution in [2.24, 2.45) is 7.05 Å². The summed E-state index contributed by atoms with van der Waals surface area (Å²) < 4.78 is 1.80. The van der Waals surface area contributed by atoms with Gasteiger partial charge in [0.15, 0.2) is 0 Å². The first kappa shape index (κ1) is 9.57. The number of carbonyl (C=O) groups is 1. The Labute approximate surface area is 76.4 Å². The number of hydrogen-bond acceptors (Lipinski definition) is 3. The highest BCUT2D eigenvalue weighted by molar-refractivity contribution is 5.68. The Morgan fingerprint density at radius 2 is 2.54 bits per heavy atom. The standard InChI is InChI=1S/C8H13N3O2/c1-6(5-7(12)13)10-8-9-3-4-11(8)2/h3-4,6H,5H2,1-2H3,(H,9,10)(H,12,13). The molecule has 13 heavy (non-hydrogen) atoms. The molecule has 1 atom stereocenters. The number of nitrogens with zero attached hydrogens (tertiary/aromatic N) is 2. The lowest BCUT2D eigenvalue weighted by atomic mass is 10.2. The van der Waals surface area contributed by atoms with Crippen molar-refractivity contribution in [3.63, 3.8) is 0 Å². The van der Waals surface area contributed by atoms with Crippen LogP contribution in [0.5, 0.6) is 0 Å². The van der Waals surface area contributed by atoms with Gasteiger partial charge < -0.3 is 15.0 Å². The van der Waals surface area contributed by atoms with Crippen LogP contribution in [0.15, 0.2) is 12.4 Å². The zero-order valence-electron chi connectivity index (χ0n) is 7.69. The lowest BCUT2D eigenvalue weighted by molar-refractivity contribution is -0.137. The van der Waals surface area contributed by atoms with Crippen molar-refractivity contribution in [2.45, 2.75) is 19.4 Å². The summed E-state index contributed by atoms with van der Waals surface area (Å²) in [4.78, 5) is 14.4. The third-order valence-electron chi connectivity index (χ3n) is 1.68. The van der Waals surface area contributed by atoms with Crippen molar-refractivity contribution in [1.29, 1.82) is 0 Å². The minimum absolute atomic E-state index is 0.0901. The molecule has 1 unspecified atom stereocenters. The van der Waals surface area contributed by atoms with Gasteiger partial charge in [0.05, 0.1) is 6.42 Å². The second-order valence-electron chi connectivity index (χ2n) is 3.01. The van der Waals surface area contributed by atoms with Gasteiger partial charge in [0.1, 0.15) is 0 Å². The van der Waals surface area contributed by atoms with Crippen molar-refractivity contribution in [3.8, 4) is 0 Å². The number of imidazole rings is 1. The quantitative estimate of drug-likeness (QED) is 0.720. The van der Waals surface area contributed by atoms with Crippen LogP contribution < -0.4 is 5.32 Å². The maximum absolute atomic E-state index is 10.4. The molecule has 72 valence electrons. The molecule has 0 fully saturated rings. The molecule has 1 rings (SSSR count). The van der Waals surface area contributed by atoms with E-state index in [-0.39, 0.29) is 12.5 Å². The molecule has 0 bridgehead atoms. The molecular formula is C8H13N3O2. The monoisotopic (exact) mass is 183 g/mol. The Kier molecular flexibility index (Phi) is 2.89. The summed E-state index contributed by atoms with van der Waals surface area (Å²) in [5.41, 5.74) is 0. The fourth-order valence-corrected chi connectivity index (χ4v) is 1.04. The van der Waals surface area contributed by atoms with E-state index < -0.39 is 5.97 Å². The van der Waals surface area contributed by atoms with Gasteiger partial charge in [0.25, 0.3) is 0 Å². The first-order valence-electron chi connectivity index (χ1n) is 4.05. The molecule has 0 amide bonds. The second kappa shape index (κ2) is 3.93. The number of aliphatic carboxylic acids is 1. The minimum Gasteiger partial charge on any atom is -0.481 e. The van der Waals surface area contributed by atoms with Gasteiger partial charge >= 0.3 is 5.97 Å². The molecule has 5 nitrogen and oxygen atoms in total. The van der Waals surface area contributed by atoms with Crippen LogP contribution in [0.2, 0.25) is 0 Å². The van der Waals surface area contributed by atoms with E-state index in [1.54, 1.807) is 17.0 Å². The zero-order chi connectivity index (χ0) is 9.84. The Morgan fingerprint density at radius 1 is 1.85 bits per heavy atom. The molecular weight excluding hydrogens is 170 g/mol. The summed E-state index contributed by atoms with van der Waals surface area (Å²) in [7, 11) is 1.85. The van der Waals surface area contributed by atoms with Crippen LogP contribution >= 0.6 is 0 Å². The molecule has 0 aromatic carbocycles. The fourth-order valence-electron chi connectivity index (χ4n) is 1.04. The summed E-state index contributed by atoms with van der Waals surface area (Å²) in [5, 5.41) is 11.5. The number of anilines is 1. The summed E-state index contributed by atoms with van der Waals surface area (Å²) in [5.74, 6) is -0.122. The van der Waals surface area contributed by atoms with Crippen molar-refractivity contribution in [1.82, 2.24) is 9.55 Å². The van der Waals surface area contributed by atoms with Crippen LogP contribution in [0.1, 0.15) is 13.3 Å². The van der Waals surface area contributed by atoms with Gasteiger partial charge in [-0.3, -0.25) is 4.79 Å². The largest absolute Gasteiger partial charge is 0.481 e. The van der Waals surface area contributed by atoms with E-state index in [9.17, 15) is 4.79 Å². The van der Waals surface area contributed by atoms with Crippen LogP contribution in [-0.4, -0.2) is 26.7 Å². The molecule has 1 aromatic rings. The van der Waals surface area contributed by atoms with Gasteiger partial charge in [-0.1, -0.05) is 0 Å². The number of carboxylic acid groups (broad SMARTS) is 1. The van der Waals surface area contributed by atoms with Gasteiger partial charge in [-0.2, -0.15) is 0 Å². The number of nitrogens with one attached hydrogen (secondary N) is 1. The van der Waals surface area contributed by atoms with Gasteiger partial charge in [-0.25, -0.2) is 4.98 Å². The summed E-state index contributed by atoms with van der Waals surface area (Å²) in [6.45, 7) is 1.81. The van der Waals surface area contributed by atoms with Gasteiger partial charge in [0.2, 0.25) is 5.95 Å². The maximum Gasteiger partial charge on any atom is 0.305 e. The molecule has 0 saturated heterocycles. The molecule has 0 saturated carbocycles. The normalized spacial score (nSPS) is 12.5. The Hall–Kier alpha value is -1.52. The lowest BCUT2D eigenvalue weighted by Gasteiger charge is -2.11. The first-order valence-corrected chi connectivity index (χ1v) is 4.05. The predicted octanol–water partition coefficient (Wildman–Crippen LogP) is 0.695. The fraction of sp³-hybridized carbons (Fsp3) is 0.500. The van der Waals surface area contributed by atoms with E-state index in [0.29, 0.717) is 5.95 Å². The Morgan fingerprint density at radius 3 is 3.00 bits per heavy atom. The number of hydrogen-bond donors (Lipinski definition) is 2. The van der Waals surface area contributed by atoms with Crippen molar-refractivity contribution in [2.75, 3.05) is 5.32 Å². The highest BCUT2D eigenvalue weighted by atomic mass is 16.4. The molecule has 0 aliphatic rings. The van der Waals surface area contributed by atoms with E-state index in [0.717, 1.165) is 0 Å². The Bertz CT molecular complexity index is 295. The molecule has 0 spiro atoms. The topological polar surface area (TPSA) is 67.2 Å². The summed E-state index contributed by atoms with van der Waals surface area (Å²) in [6.07, 6.45) is 3.55. The van der Waals surface area contributed by atoms with Crippen LogP contribution in [-0.2, 0) is 11.8 Å². The van der Waals surface area contributed by atoms with Gasteiger partial charge in [-0.05, 0) is 6.92 Å². The Balaban J connectivity index is 2.49. The molecule has 0 aliphatic carbocycles. The van der Waals surface area contributed by atoms with Crippen LogP contribution in [0.3, 0.4) is 0 Å². The van der Waals surface area contributed by atoms with Crippen molar-refractivity contribution in [3.05, 3.63) is 12.4 Å². The van der Waals surface area contributed by atoms with Gasteiger partial charge in [0, 0.05) is 25.5 Å². The van der Waals surface area contributed by atoms with E-state index in [4.69, 9.17) is 5.11 Å². The van der Waals surface area contributed by atoms with E-state index in [1.165, 1.54) is 0 Å². The summed E-state index contributed by atoms with van der Waals surface area (Å²) >= 11 is 0. The minimum atomic E-state index is -0.811. The molecule has 1 aromatic heterocycles. The zero-order valence-corrected chi connectivity index (χ0v) is 7.69. The SMILES string of the molecule is CC(CC(=O)O)Nc1nccn1C. The predicted molar refractivity (Wildman–Crippen MR) is 48.5 cm³/mol. The molecule has 0 aliphatic heterocycles. The molecule has 5 heteroatoms.